The van der Waals surface area contributed by atoms with E-state index in [1.54, 1.807) is 18.5 Å². The second kappa shape index (κ2) is 9.09. The highest BCUT2D eigenvalue weighted by Crippen LogP contribution is 2.30. The molecular formula is C23H24N4O2S. The Morgan fingerprint density at radius 2 is 1.93 bits per heavy atom. The van der Waals surface area contributed by atoms with Crippen molar-refractivity contribution >= 4 is 33.5 Å². The minimum atomic E-state index is -0.211. The Morgan fingerprint density at radius 1 is 1.17 bits per heavy atom. The van der Waals surface area contributed by atoms with Crippen molar-refractivity contribution in [2.45, 2.75) is 26.7 Å². The highest BCUT2D eigenvalue weighted by Gasteiger charge is 2.14. The lowest BCUT2D eigenvalue weighted by molar-refractivity contribution is 0.583. The number of nitrogens with zero attached hydrogens (tertiary/aromatic N) is 4. The summed E-state index contributed by atoms with van der Waals surface area (Å²) in [6, 6.07) is 11.9. The van der Waals surface area contributed by atoms with Crippen LogP contribution in [-0.2, 0) is 0 Å². The Bertz CT molecular complexity index is 1180. The highest BCUT2D eigenvalue weighted by molar-refractivity contribution is 7.17. The van der Waals surface area contributed by atoms with Crippen molar-refractivity contribution in [3.63, 3.8) is 0 Å². The Hall–Kier alpha value is -3.19. The van der Waals surface area contributed by atoms with Crippen LogP contribution >= 0.6 is 11.3 Å². The van der Waals surface area contributed by atoms with E-state index in [1.165, 1.54) is 28.0 Å². The van der Waals surface area contributed by atoms with E-state index in [0.29, 0.717) is 16.0 Å². The predicted octanol–water partition coefficient (Wildman–Crippen LogP) is 5.23. The van der Waals surface area contributed by atoms with Gasteiger partial charge < -0.3 is 9.32 Å². The molecule has 30 heavy (non-hydrogen) atoms. The third kappa shape index (κ3) is 4.07. The van der Waals surface area contributed by atoms with Gasteiger partial charge in [0.25, 0.3) is 5.56 Å². The number of fused-ring (bicyclic) bond motifs is 1. The second-order valence-electron chi connectivity index (χ2n) is 7.02. The molecule has 3 heterocycles. The first-order chi connectivity index (χ1) is 14.7. The van der Waals surface area contributed by atoms with E-state index in [0.717, 1.165) is 37.1 Å². The molecule has 0 unspecified atom stereocenters. The maximum Gasteiger partial charge on any atom is 0.283 e. The molecule has 154 valence electrons. The normalized spacial score (nSPS) is 11.5. The average molecular weight is 421 g/mol. The number of hydrogen-bond donors (Lipinski definition) is 0. The van der Waals surface area contributed by atoms with Crippen LogP contribution in [0.15, 0.2) is 68.7 Å². The van der Waals surface area contributed by atoms with Gasteiger partial charge >= 0.3 is 0 Å². The van der Waals surface area contributed by atoms with Gasteiger partial charge in [-0.3, -0.25) is 4.79 Å². The van der Waals surface area contributed by atoms with E-state index in [9.17, 15) is 4.79 Å². The molecule has 6 nitrogen and oxygen atoms in total. The molecule has 0 spiro atoms. The molecule has 0 amide bonds. The summed E-state index contributed by atoms with van der Waals surface area (Å²) < 4.78 is 6.74. The summed E-state index contributed by atoms with van der Waals surface area (Å²) in [6.07, 6.45) is 6.97. The van der Waals surface area contributed by atoms with Gasteiger partial charge in [-0.15, -0.1) is 11.3 Å². The van der Waals surface area contributed by atoms with Crippen LogP contribution in [0.2, 0.25) is 0 Å². The summed E-state index contributed by atoms with van der Waals surface area (Å²) >= 11 is 1.42. The van der Waals surface area contributed by atoms with Gasteiger partial charge in [-0.05, 0) is 42.7 Å². The summed E-state index contributed by atoms with van der Waals surface area (Å²) in [4.78, 5) is 20.4. The number of rotatable bonds is 8. The van der Waals surface area contributed by atoms with Crippen molar-refractivity contribution < 1.29 is 4.42 Å². The molecule has 3 aromatic heterocycles. The van der Waals surface area contributed by atoms with Gasteiger partial charge in [0, 0.05) is 29.7 Å². The molecule has 0 bridgehead atoms. The first-order valence-corrected chi connectivity index (χ1v) is 11.0. The molecule has 0 atom stereocenters. The fraction of sp³-hybridized carbons (Fsp3) is 0.261. The van der Waals surface area contributed by atoms with E-state index >= 15 is 0 Å². The Kier molecular flexibility index (Phi) is 6.09. The lowest BCUT2D eigenvalue weighted by Crippen LogP contribution is -2.24. The largest absolute Gasteiger partial charge is 0.464 e. The molecular weight excluding hydrogens is 396 g/mol. The van der Waals surface area contributed by atoms with Crippen molar-refractivity contribution in [1.29, 1.82) is 0 Å². The standard InChI is InChI=1S/C23H24N4O2S/c1-3-11-26(12-4-2)18-9-7-17(8-10-18)14-25-27-16-24-22-21(23(27)28)19(15-30-22)20-6-5-13-29-20/h5-10,13-16H,3-4,11-12H2,1-2H3/b25-14-. The van der Waals surface area contributed by atoms with Crippen LogP contribution in [0.4, 0.5) is 5.69 Å². The molecule has 0 aliphatic heterocycles. The molecule has 0 fully saturated rings. The molecule has 0 N–H and O–H groups in total. The summed E-state index contributed by atoms with van der Waals surface area (Å²) in [5.41, 5.74) is 2.67. The van der Waals surface area contributed by atoms with Crippen molar-refractivity contribution in [3.8, 4) is 11.3 Å². The quantitative estimate of drug-likeness (QED) is 0.366. The zero-order valence-corrected chi connectivity index (χ0v) is 17.9. The smallest absolute Gasteiger partial charge is 0.283 e. The molecule has 4 rings (SSSR count). The maximum absolute atomic E-state index is 13.0. The monoisotopic (exact) mass is 420 g/mol. The van der Waals surface area contributed by atoms with Gasteiger partial charge in [-0.25, -0.2) is 4.98 Å². The Labute approximate surface area is 179 Å². The van der Waals surface area contributed by atoms with Gasteiger partial charge in [0.15, 0.2) is 0 Å². The summed E-state index contributed by atoms with van der Waals surface area (Å²) in [5, 5.41) is 6.77. The fourth-order valence-corrected chi connectivity index (χ4v) is 4.32. The van der Waals surface area contributed by atoms with Crippen LogP contribution in [0.25, 0.3) is 21.5 Å². The molecule has 0 saturated heterocycles. The topological polar surface area (TPSA) is 63.6 Å². The van der Waals surface area contributed by atoms with E-state index in [-0.39, 0.29) is 5.56 Å². The number of furan rings is 1. The molecule has 0 aliphatic rings. The number of hydrogen-bond acceptors (Lipinski definition) is 6. The lowest BCUT2D eigenvalue weighted by Gasteiger charge is -2.23. The highest BCUT2D eigenvalue weighted by atomic mass is 32.1. The van der Waals surface area contributed by atoms with Gasteiger partial charge in [-0.1, -0.05) is 26.0 Å². The second-order valence-corrected chi connectivity index (χ2v) is 7.88. The zero-order chi connectivity index (χ0) is 20.9. The van der Waals surface area contributed by atoms with Crippen molar-refractivity contribution in [1.82, 2.24) is 9.66 Å². The Balaban J connectivity index is 1.60. The summed E-state index contributed by atoms with van der Waals surface area (Å²) in [6.45, 7) is 6.47. The summed E-state index contributed by atoms with van der Waals surface area (Å²) in [5.74, 6) is 0.654. The fourth-order valence-electron chi connectivity index (χ4n) is 3.43. The van der Waals surface area contributed by atoms with Crippen LogP contribution in [-0.4, -0.2) is 29.0 Å². The number of anilines is 1. The third-order valence-electron chi connectivity index (χ3n) is 4.84. The number of thiophene rings is 1. The first-order valence-electron chi connectivity index (χ1n) is 10.1. The van der Waals surface area contributed by atoms with Crippen molar-refractivity contribution in [2.75, 3.05) is 18.0 Å². The van der Waals surface area contributed by atoms with Crippen LogP contribution in [0.5, 0.6) is 0 Å². The van der Waals surface area contributed by atoms with Crippen LogP contribution in [0, 0.1) is 0 Å². The molecule has 0 aliphatic carbocycles. The van der Waals surface area contributed by atoms with Crippen LogP contribution in [0.1, 0.15) is 32.3 Å². The van der Waals surface area contributed by atoms with Crippen LogP contribution in [0.3, 0.4) is 0 Å². The van der Waals surface area contributed by atoms with E-state index in [2.05, 4.69) is 41.0 Å². The molecule has 0 radical (unpaired) electrons. The van der Waals surface area contributed by atoms with Gasteiger partial charge in [0.2, 0.25) is 0 Å². The Morgan fingerprint density at radius 3 is 2.60 bits per heavy atom. The molecule has 7 heteroatoms. The van der Waals surface area contributed by atoms with E-state index < -0.39 is 0 Å². The minimum Gasteiger partial charge on any atom is -0.464 e. The summed E-state index contributed by atoms with van der Waals surface area (Å²) in [7, 11) is 0. The molecule has 0 saturated carbocycles. The first kappa shape index (κ1) is 20.1. The molecule has 4 aromatic rings. The van der Waals surface area contributed by atoms with Crippen LogP contribution < -0.4 is 10.5 Å². The van der Waals surface area contributed by atoms with Crippen molar-refractivity contribution in [2.24, 2.45) is 5.10 Å². The van der Waals surface area contributed by atoms with E-state index in [4.69, 9.17) is 4.42 Å². The lowest BCUT2D eigenvalue weighted by atomic mass is 10.2. The maximum atomic E-state index is 13.0. The van der Waals surface area contributed by atoms with E-state index in [1.807, 2.05) is 23.6 Å². The SMILES string of the molecule is CCCN(CCC)c1ccc(/C=N\n2cnc3scc(-c4ccco4)c3c2=O)cc1. The third-order valence-corrected chi connectivity index (χ3v) is 5.73. The van der Waals surface area contributed by atoms with Gasteiger partial charge in [-0.2, -0.15) is 9.78 Å². The zero-order valence-electron chi connectivity index (χ0n) is 17.1. The number of aromatic nitrogens is 2. The van der Waals surface area contributed by atoms with Crippen molar-refractivity contribution in [3.05, 3.63) is 70.3 Å². The number of benzene rings is 1. The minimum absolute atomic E-state index is 0.211. The van der Waals surface area contributed by atoms with Gasteiger partial charge in [0.05, 0.1) is 17.9 Å². The predicted molar refractivity (Wildman–Crippen MR) is 124 cm³/mol. The average Bonchev–Trinajstić information content (AvgIpc) is 3.43. The van der Waals surface area contributed by atoms with Gasteiger partial charge in [0.1, 0.15) is 16.9 Å². The molecule has 1 aromatic carbocycles.